The molecule has 1 aromatic rings. The van der Waals surface area contributed by atoms with Crippen LogP contribution in [0.3, 0.4) is 0 Å². The van der Waals surface area contributed by atoms with Crippen molar-refractivity contribution in [2.75, 3.05) is 0 Å². The van der Waals surface area contributed by atoms with Crippen molar-refractivity contribution in [1.82, 2.24) is 0 Å². The molecule has 4 aliphatic rings. The van der Waals surface area contributed by atoms with Gasteiger partial charge in [-0.1, -0.05) is 53.6 Å². The summed E-state index contributed by atoms with van der Waals surface area (Å²) in [5.74, 6) is 0.252. The Hall–Kier alpha value is -1.01. The molecule has 33 heavy (non-hydrogen) atoms. The molecule has 5 rings (SSSR count). The predicted octanol–water partition coefficient (Wildman–Crippen LogP) is 5.94. The van der Waals surface area contributed by atoms with Crippen molar-refractivity contribution < 1.29 is 19.7 Å². The Morgan fingerprint density at radius 3 is 2.45 bits per heavy atom. The van der Waals surface area contributed by atoms with E-state index in [9.17, 15) is 15.0 Å². The zero-order valence-electron chi connectivity index (χ0n) is 20.1. The van der Waals surface area contributed by atoms with E-state index in [2.05, 4.69) is 35.9 Å². The van der Waals surface area contributed by atoms with E-state index in [1.807, 2.05) is 24.3 Å². The maximum Gasteiger partial charge on any atom is 0.169 e. The summed E-state index contributed by atoms with van der Waals surface area (Å²) in [5, 5.41) is 22.6. The molecule has 0 spiro atoms. The van der Waals surface area contributed by atoms with Crippen molar-refractivity contribution in [3.63, 3.8) is 0 Å². The highest BCUT2D eigenvalue weighted by Crippen LogP contribution is 2.67. The van der Waals surface area contributed by atoms with Gasteiger partial charge in [0.25, 0.3) is 0 Å². The quantitative estimate of drug-likeness (QED) is 0.384. The lowest BCUT2D eigenvalue weighted by Gasteiger charge is -2.59. The third kappa shape index (κ3) is 3.61. The molecule has 1 unspecified atom stereocenters. The van der Waals surface area contributed by atoms with Crippen molar-refractivity contribution in [2.24, 2.45) is 28.6 Å². The molecule has 1 aromatic carbocycles. The summed E-state index contributed by atoms with van der Waals surface area (Å²) >= 11 is 3.46. The Morgan fingerprint density at radius 1 is 1.06 bits per heavy atom. The van der Waals surface area contributed by atoms with Crippen LogP contribution < -0.4 is 0 Å². The van der Waals surface area contributed by atoms with Crippen LogP contribution in [0.5, 0.6) is 0 Å². The second kappa shape index (κ2) is 8.01. The Balaban J connectivity index is 1.34. The highest BCUT2D eigenvalue weighted by atomic mass is 79.9. The fourth-order valence-corrected chi connectivity index (χ4v) is 8.40. The largest absolute Gasteiger partial charge is 0.382 e. The number of carbonyl (C=O) groups excluding carboxylic acids is 1. The highest BCUT2D eigenvalue weighted by Gasteiger charge is 2.65. The first-order valence-electron chi connectivity index (χ1n) is 12.5. The predicted molar refractivity (Wildman–Crippen MR) is 131 cm³/mol. The third-order valence-corrected chi connectivity index (χ3v) is 10.8. The summed E-state index contributed by atoms with van der Waals surface area (Å²) in [6, 6.07) is 8.04. The van der Waals surface area contributed by atoms with Crippen LogP contribution in [0.1, 0.15) is 77.7 Å². The topological polar surface area (TPSA) is 66.8 Å². The van der Waals surface area contributed by atoms with Crippen LogP contribution in [-0.4, -0.2) is 27.4 Å². The van der Waals surface area contributed by atoms with E-state index in [4.69, 9.17) is 4.74 Å². The van der Waals surface area contributed by atoms with Gasteiger partial charge in [-0.15, -0.1) is 0 Å². The Bertz CT molecular complexity index is 973. The smallest absolute Gasteiger partial charge is 0.169 e. The van der Waals surface area contributed by atoms with E-state index in [-0.39, 0.29) is 16.6 Å². The van der Waals surface area contributed by atoms with Gasteiger partial charge in [-0.05, 0) is 86.3 Å². The molecule has 0 aromatic heterocycles. The molecule has 0 radical (unpaired) electrons. The number of halogens is 1. The maximum absolute atomic E-state index is 12.4. The van der Waals surface area contributed by atoms with Crippen LogP contribution in [0.25, 0.3) is 0 Å². The lowest BCUT2D eigenvalue weighted by atomic mass is 9.46. The lowest BCUT2D eigenvalue weighted by molar-refractivity contribution is -0.232. The van der Waals surface area contributed by atoms with Gasteiger partial charge in [0.1, 0.15) is 5.60 Å². The first kappa shape index (κ1) is 23.7. The molecule has 0 heterocycles. The van der Waals surface area contributed by atoms with Gasteiger partial charge in [0.05, 0.1) is 6.61 Å². The van der Waals surface area contributed by atoms with Crippen LogP contribution in [0.2, 0.25) is 0 Å². The minimum absolute atomic E-state index is 0.0603. The van der Waals surface area contributed by atoms with Gasteiger partial charge in [0.15, 0.2) is 11.6 Å². The van der Waals surface area contributed by atoms with E-state index in [0.717, 1.165) is 42.1 Å². The summed E-state index contributed by atoms with van der Waals surface area (Å²) < 4.78 is 7.13. The second-order valence-electron chi connectivity index (χ2n) is 11.7. The molecule has 3 fully saturated rings. The molecule has 180 valence electrons. The zero-order valence-corrected chi connectivity index (χ0v) is 21.7. The van der Waals surface area contributed by atoms with Crippen molar-refractivity contribution in [3.8, 4) is 0 Å². The van der Waals surface area contributed by atoms with Gasteiger partial charge in [0, 0.05) is 22.7 Å². The van der Waals surface area contributed by atoms with E-state index < -0.39 is 11.4 Å². The van der Waals surface area contributed by atoms with Gasteiger partial charge < -0.3 is 14.9 Å². The molecule has 2 N–H and O–H groups in total. The van der Waals surface area contributed by atoms with E-state index >= 15 is 0 Å². The van der Waals surface area contributed by atoms with E-state index in [1.54, 1.807) is 6.92 Å². The Kier molecular flexibility index (Phi) is 5.76. The number of Topliss-reactive ketones (excluding diaryl/α,β-unsaturated/α-hetero) is 1. The zero-order chi connectivity index (χ0) is 23.6. The van der Waals surface area contributed by atoms with Gasteiger partial charge >= 0.3 is 0 Å². The second-order valence-corrected chi connectivity index (χ2v) is 12.6. The van der Waals surface area contributed by atoms with Crippen LogP contribution in [0.15, 0.2) is 40.4 Å². The summed E-state index contributed by atoms with van der Waals surface area (Å²) in [6.45, 7) is 6.53. The number of fused-ring (bicyclic) bond motifs is 5. The number of rotatable bonds is 4. The summed E-state index contributed by atoms with van der Waals surface area (Å²) in [5.41, 5.74) is 0.987. The van der Waals surface area contributed by atoms with Crippen LogP contribution in [0.4, 0.5) is 0 Å². The number of hydrogen-bond acceptors (Lipinski definition) is 4. The molecular weight excluding hydrogens is 480 g/mol. The van der Waals surface area contributed by atoms with E-state index in [0.29, 0.717) is 43.6 Å². The fraction of sp³-hybridized carbons (Fsp3) is 0.679. The van der Waals surface area contributed by atoms with Crippen molar-refractivity contribution in [1.29, 1.82) is 0 Å². The summed E-state index contributed by atoms with van der Waals surface area (Å²) in [6.07, 6.45) is 8.95. The first-order chi connectivity index (χ1) is 15.5. The SMILES string of the molecule is CC(=O)[C@@]1(O)CC[C@H]2[C@@H]3CC=C4CC(O)(OCc5ccc(Br)cc5)CC[C@]4(C)[C@H]3CC[C@@]21C. The average Bonchev–Trinajstić information content (AvgIpc) is 3.06. The van der Waals surface area contributed by atoms with Gasteiger partial charge in [-0.25, -0.2) is 0 Å². The number of hydrogen-bond donors (Lipinski definition) is 2. The van der Waals surface area contributed by atoms with Crippen molar-refractivity contribution in [3.05, 3.63) is 46.0 Å². The summed E-state index contributed by atoms with van der Waals surface area (Å²) in [4.78, 5) is 12.4. The maximum atomic E-state index is 12.4. The molecule has 0 amide bonds. The normalized spacial score (nSPS) is 44.4. The highest BCUT2D eigenvalue weighted by molar-refractivity contribution is 9.10. The number of carbonyl (C=O) groups is 1. The van der Waals surface area contributed by atoms with Crippen LogP contribution >= 0.6 is 15.9 Å². The molecular formula is C28H37BrO4. The van der Waals surface area contributed by atoms with Crippen molar-refractivity contribution >= 4 is 21.7 Å². The standard InChI is InChI=1S/C28H37BrO4/c1-18(30)28(32)13-11-24-22-9-6-20-16-27(31,33-17-19-4-7-21(29)8-5-19)15-14-25(20,2)23(22)10-12-26(24,28)3/h4-8,22-24,31-32H,9-17H2,1-3H3/t22-,23+,24+,25+,26+,27?,28+/m1/s1. The Morgan fingerprint density at radius 2 is 1.76 bits per heavy atom. The third-order valence-electron chi connectivity index (χ3n) is 10.3. The fourth-order valence-electron chi connectivity index (χ4n) is 8.13. The molecule has 0 bridgehead atoms. The number of allylic oxidation sites excluding steroid dienone is 1. The van der Waals surface area contributed by atoms with Crippen LogP contribution in [-0.2, 0) is 16.1 Å². The number of benzene rings is 1. The van der Waals surface area contributed by atoms with Gasteiger partial charge in [0.2, 0.25) is 0 Å². The molecule has 7 atom stereocenters. The molecule has 4 nitrogen and oxygen atoms in total. The number of ether oxygens (including phenoxy) is 1. The molecule has 5 heteroatoms. The minimum Gasteiger partial charge on any atom is -0.382 e. The molecule has 3 saturated carbocycles. The van der Waals surface area contributed by atoms with E-state index in [1.165, 1.54) is 5.57 Å². The molecule has 0 saturated heterocycles. The van der Waals surface area contributed by atoms with Crippen molar-refractivity contribution in [2.45, 2.75) is 90.1 Å². The van der Waals surface area contributed by atoms with Crippen LogP contribution in [0, 0.1) is 28.6 Å². The Labute approximate surface area is 205 Å². The summed E-state index contributed by atoms with van der Waals surface area (Å²) in [7, 11) is 0. The number of aliphatic hydroxyl groups is 2. The minimum atomic E-state index is -1.17. The average molecular weight is 518 g/mol. The monoisotopic (exact) mass is 516 g/mol. The first-order valence-corrected chi connectivity index (χ1v) is 13.3. The number of ketones is 1. The van der Waals surface area contributed by atoms with Gasteiger partial charge in [-0.3, -0.25) is 4.79 Å². The lowest BCUT2D eigenvalue weighted by Crippen LogP contribution is -2.57. The molecule has 4 aliphatic carbocycles. The van der Waals surface area contributed by atoms with Gasteiger partial charge in [-0.2, -0.15) is 0 Å². The molecule has 0 aliphatic heterocycles.